The fourth-order valence-electron chi connectivity index (χ4n) is 1.92. The van der Waals surface area contributed by atoms with Gasteiger partial charge in [-0.25, -0.2) is 4.98 Å². The van der Waals surface area contributed by atoms with Gasteiger partial charge in [0.1, 0.15) is 6.54 Å². The molecule has 0 aliphatic rings. The Morgan fingerprint density at radius 1 is 1.37 bits per heavy atom. The standard InChI is InChI=1S/C14H17N3O2/c1-4-19-13(18)8-17-9-16-14(11(17)3)12-5-6-15-10(2)7-12/h5-7,9H,4,8H2,1-3H3. The van der Waals surface area contributed by atoms with Crippen molar-refractivity contribution < 1.29 is 9.53 Å². The predicted octanol–water partition coefficient (Wildman–Crippen LogP) is 2.13. The monoisotopic (exact) mass is 259 g/mol. The molecule has 0 radical (unpaired) electrons. The molecule has 5 heteroatoms. The van der Waals surface area contributed by atoms with E-state index in [2.05, 4.69) is 9.97 Å². The minimum Gasteiger partial charge on any atom is -0.465 e. The molecule has 0 fully saturated rings. The number of rotatable bonds is 4. The van der Waals surface area contributed by atoms with Crippen LogP contribution < -0.4 is 0 Å². The molecule has 0 amide bonds. The van der Waals surface area contributed by atoms with Gasteiger partial charge in [-0.1, -0.05) is 0 Å². The van der Waals surface area contributed by atoms with E-state index in [0.29, 0.717) is 6.61 Å². The Hall–Kier alpha value is -2.17. The van der Waals surface area contributed by atoms with E-state index in [1.54, 1.807) is 24.0 Å². The molecule has 0 spiro atoms. The molecular formula is C14H17N3O2. The third kappa shape index (κ3) is 2.99. The van der Waals surface area contributed by atoms with Gasteiger partial charge in [0.2, 0.25) is 0 Å². The average molecular weight is 259 g/mol. The molecular weight excluding hydrogens is 242 g/mol. The molecule has 2 aromatic heterocycles. The Labute approximate surface area is 112 Å². The lowest BCUT2D eigenvalue weighted by Crippen LogP contribution is -2.13. The van der Waals surface area contributed by atoms with Crippen LogP contribution in [0.3, 0.4) is 0 Å². The van der Waals surface area contributed by atoms with Crippen LogP contribution in [0.2, 0.25) is 0 Å². The molecule has 0 N–H and O–H groups in total. The van der Waals surface area contributed by atoms with E-state index in [1.807, 2.05) is 26.0 Å². The summed E-state index contributed by atoms with van der Waals surface area (Å²) in [5, 5.41) is 0. The number of hydrogen-bond acceptors (Lipinski definition) is 4. The average Bonchev–Trinajstić information content (AvgIpc) is 2.71. The number of ether oxygens (including phenoxy) is 1. The Bertz CT molecular complexity index is 590. The molecule has 19 heavy (non-hydrogen) atoms. The van der Waals surface area contributed by atoms with Crippen LogP contribution in [-0.2, 0) is 16.1 Å². The summed E-state index contributed by atoms with van der Waals surface area (Å²) in [5.74, 6) is -0.250. The van der Waals surface area contributed by atoms with Crippen LogP contribution in [-0.4, -0.2) is 27.1 Å². The number of aryl methyl sites for hydroxylation is 1. The normalized spacial score (nSPS) is 10.5. The maximum Gasteiger partial charge on any atom is 0.325 e. The van der Waals surface area contributed by atoms with E-state index in [4.69, 9.17) is 4.74 Å². The summed E-state index contributed by atoms with van der Waals surface area (Å²) >= 11 is 0. The van der Waals surface area contributed by atoms with E-state index in [1.165, 1.54) is 0 Å². The molecule has 0 unspecified atom stereocenters. The third-order valence-corrected chi connectivity index (χ3v) is 2.87. The van der Waals surface area contributed by atoms with Gasteiger partial charge in [0.25, 0.3) is 0 Å². The molecule has 100 valence electrons. The van der Waals surface area contributed by atoms with Gasteiger partial charge in [0, 0.05) is 23.1 Å². The number of pyridine rings is 1. The van der Waals surface area contributed by atoms with E-state index < -0.39 is 0 Å². The van der Waals surface area contributed by atoms with Crippen molar-refractivity contribution in [1.82, 2.24) is 14.5 Å². The summed E-state index contributed by atoms with van der Waals surface area (Å²) in [4.78, 5) is 20.0. The molecule has 0 saturated carbocycles. The zero-order valence-electron chi connectivity index (χ0n) is 11.4. The molecule has 0 aliphatic carbocycles. The van der Waals surface area contributed by atoms with Crippen LogP contribution >= 0.6 is 0 Å². The van der Waals surface area contributed by atoms with Crippen LogP contribution in [0.1, 0.15) is 18.3 Å². The summed E-state index contributed by atoms with van der Waals surface area (Å²) in [5.41, 5.74) is 3.76. The Morgan fingerprint density at radius 2 is 2.16 bits per heavy atom. The summed E-state index contributed by atoms with van der Waals surface area (Å²) in [6.45, 7) is 6.26. The van der Waals surface area contributed by atoms with Crippen molar-refractivity contribution in [1.29, 1.82) is 0 Å². The molecule has 0 saturated heterocycles. The fraction of sp³-hybridized carbons (Fsp3) is 0.357. The maximum atomic E-state index is 11.5. The highest BCUT2D eigenvalue weighted by molar-refractivity contribution is 5.70. The van der Waals surface area contributed by atoms with Crippen LogP contribution in [0.5, 0.6) is 0 Å². The maximum absolute atomic E-state index is 11.5. The van der Waals surface area contributed by atoms with E-state index in [0.717, 1.165) is 22.6 Å². The predicted molar refractivity (Wildman–Crippen MR) is 71.6 cm³/mol. The molecule has 5 nitrogen and oxygen atoms in total. The van der Waals surface area contributed by atoms with E-state index >= 15 is 0 Å². The summed E-state index contributed by atoms with van der Waals surface area (Å²) < 4.78 is 6.73. The molecule has 0 aromatic carbocycles. The lowest BCUT2D eigenvalue weighted by Gasteiger charge is -2.06. The van der Waals surface area contributed by atoms with Crippen molar-refractivity contribution in [3.8, 4) is 11.3 Å². The summed E-state index contributed by atoms with van der Waals surface area (Å²) in [6.07, 6.45) is 3.42. The number of nitrogens with zero attached hydrogens (tertiary/aromatic N) is 3. The quantitative estimate of drug-likeness (QED) is 0.789. The molecule has 0 atom stereocenters. The van der Waals surface area contributed by atoms with Gasteiger partial charge in [-0.15, -0.1) is 0 Å². The summed E-state index contributed by atoms with van der Waals surface area (Å²) in [6, 6.07) is 3.89. The van der Waals surface area contributed by atoms with Gasteiger partial charge in [-0.05, 0) is 32.9 Å². The second kappa shape index (κ2) is 5.65. The molecule has 2 heterocycles. The number of aromatic nitrogens is 3. The van der Waals surface area contributed by atoms with Crippen molar-refractivity contribution >= 4 is 5.97 Å². The van der Waals surface area contributed by atoms with Gasteiger partial charge in [-0.2, -0.15) is 0 Å². The van der Waals surface area contributed by atoms with Gasteiger partial charge in [-0.3, -0.25) is 9.78 Å². The smallest absolute Gasteiger partial charge is 0.325 e. The van der Waals surface area contributed by atoms with Crippen molar-refractivity contribution in [2.24, 2.45) is 0 Å². The molecule has 2 rings (SSSR count). The number of imidazole rings is 1. The Morgan fingerprint density at radius 3 is 2.84 bits per heavy atom. The second-order valence-electron chi connectivity index (χ2n) is 4.30. The van der Waals surface area contributed by atoms with Gasteiger partial charge in [0.05, 0.1) is 18.6 Å². The molecule has 0 bridgehead atoms. The molecule has 2 aromatic rings. The number of carbonyl (C=O) groups excluding carboxylic acids is 1. The SMILES string of the molecule is CCOC(=O)Cn1cnc(-c2ccnc(C)c2)c1C. The van der Waals surface area contributed by atoms with Gasteiger partial charge < -0.3 is 9.30 Å². The van der Waals surface area contributed by atoms with Crippen LogP contribution in [0.15, 0.2) is 24.7 Å². The zero-order valence-corrected chi connectivity index (χ0v) is 11.4. The third-order valence-electron chi connectivity index (χ3n) is 2.87. The van der Waals surface area contributed by atoms with Crippen molar-refractivity contribution in [2.45, 2.75) is 27.3 Å². The fourth-order valence-corrected chi connectivity index (χ4v) is 1.92. The highest BCUT2D eigenvalue weighted by atomic mass is 16.5. The highest BCUT2D eigenvalue weighted by Gasteiger charge is 2.12. The van der Waals surface area contributed by atoms with Crippen molar-refractivity contribution in [3.05, 3.63) is 36.0 Å². The Balaban J connectivity index is 2.25. The van der Waals surface area contributed by atoms with Crippen LogP contribution in [0.4, 0.5) is 0 Å². The van der Waals surface area contributed by atoms with Gasteiger partial charge >= 0.3 is 5.97 Å². The zero-order chi connectivity index (χ0) is 13.8. The summed E-state index contributed by atoms with van der Waals surface area (Å²) in [7, 11) is 0. The highest BCUT2D eigenvalue weighted by Crippen LogP contribution is 2.21. The first-order valence-electron chi connectivity index (χ1n) is 6.22. The first-order chi connectivity index (χ1) is 9.11. The van der Waals surface area contributed by atoms with Crippen molar-refractivity contribution in [3.63, 3.8) is 0 Å². The lowest BCUT2D eigenvalue weighted by molar-refractivity contribution is -0.143. The number of carbonyl (C=O) groups is 1. The minimum absolute atomic E-state index is 0.191. The minimum atomic E-state index is -0.250. The Kier molecular flexibility index (Phi) is 3.94. The van der Waals surface area contributed by atoms with Gasteiger partial charge in [0.15, 0.2) is 0 Å². The first-order valence-corrected chi connectivity index (χ1v) is 6.22. The topological polar surface area (TPSA) is 57.0 Å². The lowest BCUT2D eigenvalue weighted by atomic mass is 10.1. The number of esters is 1. The van der Waals surface area contributed by atoms with E-state index in [9.17, 15) is 4.79 Å². The van der Waals surface area contributed by atoms with Crippen LogP contribution in [0.25, 0.3) is 11.3 Å². The van der Waals surface area contributed by atoms with Crippen molar-refractivity contribution in [2.75, 3.05) is 6.61 Å². The molecule has 0 aliphatic heterocycles. The van der Waals surface area contributed by atoms with E-state index in [-0.39, 0.29) is 12.5 Å². The second-order valence-corrected chi connectivity index (χ2v) is 4.30. The number of hydrogen-bond donors (Lipinski definition) is 0. The van der Waals surface area contributed by atoms with Crippen LogP contribution in [0, 0.1) is 13.8 Å². The first kappa shape index (κ1) is 13.3. The largest absolute Gasteiger partial charge is 0.465 e.